The Morgan fingerprint density at radius 2 is 1.88 bits per heavy atom. The van der Waals surface area contributed by atoms with Crippen molar-refractivity contribution in [3.63, 3.8) is 0 Å². The number of nitrogens with zero attached hydrogens (tertiary/aromatic N) is 5. The Labute approximate surface area is 148 Å². The second-order valence-electron chi connectivity index (χ2n) is 5.57. The van der Waals surface area contributed by atoms with Crippen molar-refractivity contribution in [2.75, 3.05) is 5.32 Å². The van der Waals surface area contributed by atoms with Crippen LogP contribution in [0.25, 0.3) is 0 Å². The molecule has 0 aliphatic heterocycles. The first-order chi connectivity index (χ1) is 12.0. The van der Waals surface area contributed by atoms with Gasteiger partial charge in [0.25, 0.3) is 5.91 Å². The summed E-state index contributed by atoms with van der Waals surface area (Å²) in [5.74, 6) is -0.379. The summed E-state index contributed by atoms with van der Waals surface area (Å²) in [5, 5.41) is 10.8. The highest BCUT2D eigenvalue weighted by molar-refractivity contribution is 6.99. The molecule has 3 rings (SSSR count). The minimum Gasteiger partial charge on any atom is -0.321 e. The molecule has 1 amide bonds. The average molecular weight is 356 g/mol. The summed E-state index contributed by atoms with van der Waals surface area (Å²) in [4.78, 5) is 23.7. The second kappa shape index (κ2) is 6.89. The SMILES string of the molecule is CC(=O)c1ccc(NC(=O)c2nnn(Cc3nsnc3C)c2C)cc1. The van der Waals surface area contributed by atoms with Crippen LogP contribution in [0, 0.1) is 13.8 Å². The van der Waals surface area contributed by atoms with Crippen molar-refractivity contribution in [2.24, 2.45) is 0 Å². The molecule has 0 aliphatic carbocycles. The van der Waals surface area contributed by atoms with Crippen molar-refractivity contribution < 1.29 is 9.59 Å². The topological polar surface area (TPSA) is 103 Å². The van der Waals surface area contributed by atoms with E-state index in [2.05, 4.69) is 24.4 Å². The highest BCUT2D eigenvalue weighted by atomic mass is 32.1. The lowest BCUT2D eigenvalue weighted by Crippen LogP contribution is -2.14. The van der Waals surface area contributed by atoms with Gasteiger partial charge >= 0.3 is 0 Å². The summed E-state index contributed by atoms with van der Waals surface area (Å²) < 4.78 is 9.96. The predicted octanol–water partition coefficient (Wildman–Crippen LogP) is 2.25. The lowest BCUT2D eigenvalue weighted by molar-refractivity contribution is 0.101. The van der Waals surface area contributed by atoms with Crippen LogP contribution in [-0.2, 0) is 6.54 Å². The van der Waals surface area contributed by atoms with Gasteiger partial charge < -0.3 is 5.32 Å². The highest BCUT2D eigenvalue weighted by Crippen LogP contribution is 2.14. The summed E-state index contributed by atoms with van der Waals surface area (Å²) in [6.07, 6.45) is 0. The number of anilines is 1. The molecule has 0 spiro atoms. The summed E-state index contributed by atoms with van der Waals surface area (Å²) in [6.45, 7) is 5.57. The Kier molecular flexibility index (Phi) is 4.66. The number of carbonyl (C=O) groups excluding carboxylic acids is 2. The van der Waals surface area contributed by atoms with Gasteiger partial charge in [-0.1, -0.05) is 5.21 Å². The zero-order valence-corrected chi connectivity index (χ0v) is 14.8. The number of carbonyl (C=O) groups is 2. The number of ketones is 1. The van der Waals surface area contributed by atoms with Crippen molar-refractivity contribution in [3.8, 4) is 0 Å². The molecule has 9 heteroatoms. The van der Waals surface area contributed by atoms with Crippen LogP contribution >= 0.6 is 11.7 Å². The molecule has 25 heavy (non-hydrogen) atoms. The molecule has 8 nitrogen and oxygen atoms in total. The quantitative estimate of drug-likeness (QED) is 0.703. The van der Waals surface area contributed by atoms with E-state index >= 15 is 0 Å². The van der Waals surface area contributed by atoms with Gasteiger partial charge in [0, 0.05) is 11.3 Å². The van der Waals surface area contributed by atoms with Crippen LogP contribution in [0.4, 0.5) is 5.69 Å². The zero-order valence-electron chi connectivity index (χ0n) is 14.0. The Morgan fingerprint density at radius 1 is 1.16 bits per heavy atom. The van der Waals surface area contributed by atoms with Crippen LogP contribution in [0.15, 0.2) is 24.3 Å². The van der Waals surface area contributed by atoms with Crippen LogP contribution in [0.3, 0.4) is 0 Å². The molecular weight excluding hydrogens is 340 g/mol. The summed E-state index contributed by atoms with van der Waals surface area (Å²) in [5.41, 5.74) is 3.72. The van der Waals surface area contributed by atoms with Gasteiger partial charge in [-0.3, -0.25) is 9.59 Å². The molecular formula is C16H16N6O2S. The maximum Gasteiger partial charge on any atom is 0.278 e. The third kappa shape index (κ3) is 3.61. The van der Waals surface area contributed by atoms with E-state index in [9.17, 15) is 9.59 Å². The first-order valence-electron chi connectivity index (χ1n) is 7.56. The molecule has 0 bridgehead atoms. The molecule has 1 N–H and O–H groups in total. The van der Waals surface area contributed by atoms with Gasteiger partial charge in [0.2, 0.25) is 0 Å². The largest absolute Gasteiger partial charge is 0.321 e. The molecule has 1 aromatic carbocycles. The molecule has 0 aliphatic rings. The number of aryl methyl sites for hydroxylation is 1. The normalized spacial score (nSPS) is 10.7. The number of rotatable bonds is 5. The highest BCUT2D eigenvalue weighted by Gasteiger charge is 2.18. The van der Waals surface area contributed by atoms with E-state index in [1.165, 1.54) is 6.92 Å². The molecule has 2 heterocycles. The van der Waals surface area contributed by atoms with Crippen LogP contribution in [0.1, 0.15) is 44.9 Å². The van der Waals surface area contributed by atoms with Crippen molar-refractivity contribution in [3.05, 3.63) is 52.6 Å². The van der Waals surface area contributed by atoms with E-state index in [1.807, 2.05) is 6.92 Å². The molecule has 128 valence electrons. The number of hydrogen-bond donors (Lipinski definition) is 1. The van der Waals surface area contributed by atoms with Gasteiger partial charge in [0.1, 0.15) is 0 Å². The first-order valence-corrected chi connectivity index (χ1v) is 8.29. The minimum atomic E-state index is -0.354. The van der Waals surface area contributed by atoms with Gasteiger partial charge in [-0.2, -0.15) is 8.75 Å². The van der Waals surface area contributed by atoms with Gasteiger partial charge in [0.05, 0.1) is 35.4 Å². The van der Waals surface area contributed by atoms with Crippen molar-refractivity contribution in [1.82, 2.24) is 23.7 Å². The molecule has 0 unspecified atom stereocenters. The Morgan fingerprint density at radius 3 is 2.48 bits per heavy atom. The van der Waals surface area contributed by atoms with Crippen molar-refractivity contribution >= 4 is 29.1 Å². The van der Waals surface area contributed by atoms with E-state index < -0.39 is 0 Å². The lowest BCUT2D eigenvalue weighted by Gasteiger charge is -2.05. The second-order valence-corrected chi connectivity index (χ2v) is 6.09. The average Bonchev–Trinajstić information content (AvgIpc) is 3.15. The van der Waals surface area contributed by atoms with Gasteiger partial charge in [-0.05, 0) is 45.0 Å². The fourth-order valence-corrected chi connectivity index (χ4v) is 2.79. The van der Waals surface area contributed by atoms with Crippen molar-refractivity contribution in [2.45, 2.75) is 27.3 Å². The standard InChI is InChI=1S/C16H16N6O2S/c1-9-14(20-25-19-9)8-22-10(2)15(18-21-22)16(24)17-13-6-4-12(5-7-13)11(3)23/h4-7H,8H2,1-3H3,(H,17,24). The van der Waals surface area contributed by atoms with Gasteiger partial charge in [-0.15, -0.1) is 5.10 Å². The fraction of sp³-hybridized carbons (Fsp3) is 0.250. The van der Waals surface area contributed by atoms with Crippen LogP contribution in [0.2, 0.25) is 0 Å². The first kappa shape index (κ1) is 16.9. The monoisotopic (exact) mass is 356 g/mol. The summed E-state index contributed by atoms with van der Waals surface area (Å²) in [7, 11) is 0. The van der Waals surface area contributed by atoms with E-state index in [-0.39, 0.29) is 17.4 Å². The zero-order chi connectivity index (χ0) is 18.0. The number of hydrogen-bond acceptors (Lipinski definition) is 7. The number of Topliss-reactive ketones (excluding diaryl/α,β-unsaturated/α-hetero) is 1. The summed E-state index contributed by atoms with van der Waals surface area (Å²) in [6, 6.07) is 6.69. The molecule has 3 aromatic rings. The number of amides is 1. The maximum atomic E-state index is 12.4. The van der Waals surface area contributed by atoms with Gasteiger partial charge in [-0.25, -0.2) is 4.68 Å². The third-order valence-electron chi connectivity index (χ3n) is 3.79. The smallest absolute Gasteiger partial charge is 0.278 e. The molecule has 0 atom stereocenters. The van der Waals surface area contributed by atoms with E-state index in [4.69, 9.17) is 0 Å². The molecule has 2 aromatic heterocycles. The van der Waals surface area contributed by atoms with Crippen LogP contribution in [0.5, 0.6) is 0 Å². The van der Waals surface area contributed by atoms with Crippen LogP contribution in [-0.4, -0.2) is 35.4 Å². The maximum absolute atomic E-state index is 12.4. The van der Waals surface area contributed by atoms with E-state index in [0.29, 0.717) is 23.5 Å². The molecule has 0 radical (unpaired) electrons. The predicted molar refractivity (Wildman–Crippen MR) is 92.9 cm³/mol. The van der Waals surface area contributed by atoms with Crippen LogP contribution < -0.4 is 5.32 Å². The Balaban J connectivity index is 1.74. The summed E-state index contributed by atoms with van der Waals surface area (Å²) >= 11 is 1.14. The number of aromatic nitrogens is 5. The lowest BCUT2D eigenvalue weighted by atomic mass is 10.1. The number of nitrogens with one attached hydrogen (secondary N) is 1. The molecule has 0 saturated heterocycles. The third-order valence-corrected chi connectivity index (χ3v) is 4.45. The van der Waals surface area contributed by atoms with E-state index in [1.54, 1.807) is 35.9 Å². The van der Waals surface area contributed by atoms with E-state index in [0.717, 1.165) is 23.1 Å². The molecule has 0 fully saturated rings. The van der Waals surface area contributed by atoms with Gasteiger partial charge in [0.15, 0.2) is 11.5 Å². The number of benzene rings is 1. The Hall–Kier alpha value is -2.94. The van der Waals surface area contributed by atoms with Crippen molar-refractivity contribution in [1.29, 1.82) is 0 Å². The fourth-order valence-electron chi connectivity index (χ4n) is 2.23. The molecule has 0 saturated carbocycles. The Bertz CT molecular complexity index is 929. The minimum absolute atomic E-state index is 0.0245.